The van der Waals surface area contributed by atoms with Gasteiger partial charge in [-0.05, 0) is 18.6 Å². The van der Waals surface area contributed by atoms with E-state index >= 15 is 0 Å². The van der Waals surface area contributed by atoms with E-state index in [4.69, 9.17) is 0 Å². The number of nitrogens with zero attached hydrogens (tertiary/aromatic N) is 1. The second-order valence-electron chi connectivity index (χ2n) is 3.44. The van der Waals surface area contributed by atoms with Crippen LogP contribution in [0.5, 0.6) is 0 Å². The lowest BCUT2D eigenvalue weighted by Crippen LogP contribution is -1.91. The Labute approximate surface area is 98.3 Å². The maximum atomic E-state index is 4.58. The molecule has 0 bridgehead atoms. The van der Waals surface area contributed by atoms with Gasteiger partial charge in [0.2, 0.25) is 0 Å². The van der Waals surface area contributed by atoms with E-state index in [9.17, 15) is 0 Å². The van der Waals surface area contributed by atoms with Crippen LogP contribution in [0.1, 0.15) is 11.3 Å². The highest BCUT2D eigenvalue weighted by Gasteiger charge is 2.01. The summed E-state index contributed by atoms with van der Waals surface area (Å²) in [5, 5.41) is 0.862. The van der Waals surface area contributed by atoms with Gasteiger partial charge in [-0.15, -0.1) is 0 Å². The van der Waals surface area contributed by atoms with Gasteiger partial charge in [-0.3, -0.25) is 4.98 Å². The van der Waals surface area contributed by atoms with Gasteiger partial charge < -0.3 is 0 Å². The number of benzene rings is 1. The van der Waals surface area contributed by atoms with E-state index in [2.05, 4.69) is 45.2 Å². The van der Waals surface area contributed by atoms with Crippen molar-refractivity contribution in [1.82, 2.24) is 4.98 Å². The zero-order chi connectivity index (χ0) is 10.7. The minimum absolute atomic E-state index is 0.862. The lowest BCUT2D eigenvalue weighted by atomic mass is 10.1. The summed E-state index contributed by atoms with van der Waals surface area (Å²) in [6.45, 7) is 2.04. The molecule has 0 aliphatic heterocycles. The summed E-state index contributed by atoms with van der Waals surface area (Å²) in [5.74, 6) is 0. The Balaban J connectivity index is 2.43. The van der Waals surface area contributed by atoms with Crippen molar-refractivity contribution < 1.29 is 0 Å². The Morgan fingerprint density at radius 3 is 2.40 bits per heavy atom. The van der Waals surface area contributed by atoms with E-state index in [0.717, 1.165) is 16.7 Å². The Hall–Kier alpha value is -1.15. The van der Waals surface area contributed by atoms with E-state index in [-0.39, 0.29) is 0 Å². The van der Waals surface area contributed by atoms with Gasteiger partial charge >= 0.3 is 0 Å². The first-order valence-corrected chi connectivity index (χ1v) is 6.01. The van der Waals surface area contributed by atoms with E-state index in [1.807, 2.05) is 25.1 Å². The lowest BCUT2D eigenvalue weighted by Gasteiger charge is -2.05. The van der Waals surface area contributed by atoms with E-state index < -0.39 is 0 Å². The largest absolute Gasteiger partial charge is 0.253 e. The zero-order valence-electron chi connectivity index (χ0n) is 8.57. The number of aryl methyl sites for hydroxylation is 1. The number of aromatic nitrogens is 1. The monoisotopic (exact) mass is 261 g/mol. The van der Waals surface area contributed by atoms with Gasteiger partial charge in [-0.25, -0.2) is 0 Å². The molecule has 0 saturated carbocycles. The fourth-order valence-electron chi connectivity index (χ4n) is 1.50. The molecule has 2 rings (SSSR count). The molecule has 1 nitrogen and oxygen atoms in total. The predicted molar refractivity (Wildman–Crippen MR) is 67.0 cm³/mol. The molecular formula is C13H12BrN. The fourth-order valence-corrected chi connectivity index (χ4v) is 2.09. The van der Waals surface area contributed by atoms with Crippen LogP contribution in [0.15, 0.2) is 42.5 Å². The molecule has 76 valence electrons. The van der Waals surface area contributed by atoms with Crippen LogP contribution < -0.4 is 0 Å². The van der Waals surface area contributed by atoms with Crippen LogP contribution in [-0.4, -0.2) is 4.98 Å². The number of hydrogen-bond donors (Lipinski definition) is 0. The molecule has 0 aliphatic rings. The van der Waals surface area contributed by atoms with Crippen molar-refractivity contribution >= 4 is 15.9 Å². The normalized spacial score (nSPS) is 10.3. The fraction of sp³-hybridized carbons (Fsp3) is 0.154. The summed E-state index contributed by atoms with van der Waals surface area (Å²) in [7, 11) is 0. The van der Waals surface area contributed by atoms with Crippen molar-refractivity contribution in [2.24, 2.45) is 0 Å². The Morgan fingerprint density at radius 2 is 1.80 bits per heavy atom. The van der Waals surface area contributed by atoms with Crippen molar-refractivity contribution in [3.05, 3.63) is 53.7 Å². The Kier molecular flexibility index (Phi) is 3.17. The lowest BCUT2D eigenvalue weighted by molar-refractivity contribution is 1.15. The molecule has 0 unspecified atom stereocenters. The summed E-state index contributed by atoms with van der Waals surface area (Å²) >= 11 is 3.45. The molecule has 15 heavy (non-hydrogen) atoms. The molecule has 1 aromatic carbocycles. The number of hydrogen-bond acceptors (Lipinski definition) is 1. The van der Waals surface area contributed by atoms with Crippen molar-refractivity contribution in [2.75, 3.05) is 0 Å². The Morgan fingerprint density at radius 1 is 1.07 bits per heavy atom. The van der Waals surface area contributed by atoms with Gasteiger partial charge in [0.25, 0.3) is 0 Å². The third-order valence-electron chi connectivity index (χ3n) is 2.41. The molecule has 0 spiro atoms. The van der Waals surface area contributed by atoms with Crippen LogP contribution in [0.4, 0.5) is 0 Å². The van der Waals surface area contributed by atoms with Crippen LogP contribution in [0, 0.1) is 6.92 Å². The first kappa shape index (κ1) is 10.4. The molecule has 0 atom stereocenters. The van der Waals surface area contributed by atoms with Crippen LogP contribution >= 0.6 is 15.9 Å². The smallest absolute Gasteiger partial charge is 0.0705 e. The number of halogens is 1. The first-order valence-electron chi connectivity index (χ1n) is 4.89. The van der Waals surface area contributed by atoms with Crippen molar-refractivity contribution in [3.8, 4) is 11.3 Å². The molecule has 0 saturated heterocycles. The quantitative estimate of drug-likeness (QED) is 0.747. The van der Waals surface area contributed by atoms with E-state index in [1.165, 1.54) is 11.1 Å². The van der Waals surface area contributed by atoms with Gasteiger partial charge in [-0.2, -0.15) is 0 Å². The molecule has 0 N–H and O–H groups in total. The van der Waals surface area contributed by atoms with Gasteiger partial charge in [0.15, 0.2) is 0 Å². The minimum atomic E-state index is 0.862. The van der Waals surface area contributed by atoms with Crippen LogP contribution in [0.3, 0.4) is 0 Å². The summed E-state index contributed by atoms with van der Waals surface area (Å²) in [4.78, 5) is 4.58. The third kappa shape index (κ3) is 2.26. The predicted octanol–water partition coefficient (Wildman–Crippen LogP) is 3.95. The second-order valence-corrected chi connectivity index (χ2v) is 4.00. The molecule has 0 amide bonds. The van der Waals surface area contributed by atoms with Crippen LogP contribution in [-0.2, 0) is 5.33 Å². The highest BCUT2D eigenvalue weighted by Crippen LogP contribution is 2.19. The van der Waals surface area contributed by atoms with Gasteiger partial charge in [-0.1, -0.05) is 52.3 Å². The second kappa shape index (κ2) is 4.58. The highest BCUT2D eigenvalue weighted by atomic mass is 79.9. The molecule has 1 aromatic heterocycles. The van der Waals surface area contributed by atoms with Gasteiger partial charge in [0.1, 0.15) is 0 Å². The van der Waals surface area contributed by atoms with Crippen molar-refractivity contribution in [1.29, 1.82) is 0 Å². The Bertz CT molecular complexity index is 451. The summed E-state index contributed by atoms with van der Waals surface area (Å²) < 4.78 is 0. The highest BCUT2D eigenvalue weighted by molar-refractivity contribution is 9.08. The molecule has 0 fully saturated rings. The number of rotatable bonds is 2. The molecular weight excluding hydrogens is 250 g/mol. The zero-order valence-corrected chi connectivity index (χ0v) is 10.2. The average Bonchev–Trinajstić information content (AvgIpc) is 2.30. The summed E-state index contributed by atoms with van der Waals surface area (Å²) in [6.07, 6.45) is 0. The first-order chi connectivity index (χ1) is 7.31. The maximum absolute atomic E-state index is 4.58. The molecule has 0 radical (unpaired) electrons. The SMILES string of the molecule is Cc1nc(-c2ccccc2)ccc1CBr. The minimum Gasteiger partial charge on any atom is -0.253 e. The summed E-state index contributed by atoms with van der Waals surface area (Å²) in [5.41, 5.74) is 4.54. The number of alkyl halides is 1. The molecule has 0 aliphatic carbocycles. The maximum Gasteiger partial charge on any atom is 0.0705 e. The van der Waals surface area contributed by atoms with Crippen molar-refractivity contribution in [2.45, 2.75) is 12.3 Å². The topological polar surface area (TPSA) is 12.9 Å². The molecule has 2 heteroatoms. The number of pyridine rings is 1. The van der Waals surface area contributed by atoms with E-state index in [0.29, 0.717) is 0 Å². The van der Waals surface area contributed by atoms with Crippen LogP contribution in [0.2, 0.25) is 0 Å². The third-order valence-corrected chi connectivity index (χ3v) is 3.01. The average molecular weight is 262 g/mol. The van der Waals surface area contributed by atoms with Gasteiger partial charge in [0.05, 0.1) is 5.69 Å². The van der Waals surface area contributed by atoms with Crippen molar-refractivity contribution in [3.63, 3.8) is 0 Å². The van der Waals surface area contributed by atoms with Gasteiger partial charge in [0, 0.05) is 16.6 Å². The van der Waals surface area contributed by atoms with E-state index in [1.54, 1.807) is 0 Å². The van der Waals surface area contributed by atoms with Crippen LogP contribution in [0.25, 0.3) is 11.3 Å². The molecule has 1 heterocycles. The summed E-state index contributed by atoms with van der Waals surface area (Å²) in [6, 6.07) is 14.4. The standard InChI is InChI=1S/C13H12BrN/c1-10-12(9-14)7-8-13(15-10)11-5-3-2-4-6-11/h2-8H,9H2,1H3. The molecule has 2 aromatic rings.